The Bertz CT molecular complexity index is 1290. The lowest BCUT2D eigenvalue weighted by Gasteiger charge is -2.08. The topological polar surface area (TPSA) is 63.1 Å². The van der Waals surface area contributed by atoms with Crippen molar-refractivity contribution in [1.29, 1.82) is 0 Å². The van der Waals surface area contributed by atoms with Gasteiger partial charge in [-0.2, -0.15) is 22.8 Å². The van der Waals surface area contributed by atoms with Crippen LogP contribution in [0.1, 0.15) is 11.4 Å². The molecule has 3 heterocycles. The molecule has 0 aliphatic heterocycles. The molecule has 0 aliphatic carbocycles. The molecule has 1 N–H and O–H groups in total. The lowest BCUT2D eigenvalue weighted by Crippen LogP contribution is -2.14. The lowest BCUT2D eigenvalue weighted by molar-refractivity contribution is -0.141. The highest BCUT2D eigenvalue weighted by Gasteiger charge is 2.32. The first kappa shape index (κ1) is 19.5. The van der Waals surface area contributed by atoms with Gasteiger partial charge >= 0.3 is 6.18 Å². The summed E-state index contributed by atoms with van der Waals surface area (Å²) in [6.45, 7) is 1.72. The third-order valence-electron chi connectivity index (χ3n) is 4.36. The molecule has 0 unspecified atom stereocenters. The van der Waals surface area contributed by atoms with Crippen molar-refractivity contribution in [2.75, 3.05) is 0 Å². The number of pyridine rings is 1. The standard InChI is InChI=1S/C19H11Cl2F3N4O/c1-9-17(12-4-3-11(20)6-13(12)21)18-26-14(7-16(29)28(18)27-9)10-2-5-15(25-8-10)19(22,23)24/h2-8,26H,1H3. The normalized spacial score (nSPS) is 11.9. The van der Waals surface area contributed by atoms with Gasteiger partial charge in [0.05, 0.1) is 16.4 Å². The monoisotopic (exact) mass is 438 g/mol. The second kappa shape index (κ2) is 6.89. The number of fused-ring (bicyclic) bond motifs is 1. The van der Waals surface area contributed by atoms with E-state index in [0.717, 1.165) is 12.3 Å². The first-order chi connectivity index (χ1) is 13.6. The van der Waals surface area contributed by atoms with Crippen molar-refractivity contribution in [3.05, 3.63) is 74.4 Å². The van der Waals surface area contributed by atoms with Gasteiger partial charge in [-0.15, -0.1) is 0 Å². The molecule has 4 aromatic rings. The van der Waals surface area contributed by atoms with Crippen molar-refractivity contribution in [3.8, 4) is 22.4 Å². The largest absolute Gasteiger partial charge is 0.433 e. The van der Waals surface area contributed by atoms with Gasteiger partial charge in [-0.05, 0) is 31.2 Å². The zero-order chi connectivity index (χ0) is 20.9. The summed E-state index contributed by atoms with van der Waals surface area (Å²) in [5.74, 6) is 0. The van der Waals surface area contributed by atoms with Crippen LogP contribution in [0.25, 0.3) is 28.0 Å². The fourth-order valence-corrected chi connectivity index (χ4v) is 3.54. The van der Waals surface area contributed by atoms with Crippen LogP contribution in [0.4, 0.5) is 13.2 Å². The highest BCUT2D eigenvalue weighted by molar-refractivity contribution is 6.36. The molecule has 0 bridgehead atoms. The SMILES string of the molecule is Cc1nn2c(=O)cc(-c3ccc(C(F)(F)F)nc3)[nH]c2c1-c1ccc(Cl)cc1Cl. The summed E-state index contributed by atoms with van der Waals surface area (Å²) in [5, 5.41) is 5.08. The molecule has 0 saturated heterocycles. The lowest BCUT2D eigenvalue weighted by atomic mass is 10.1. The predicted octanol–water partition coefficient (Wildman–Crippen LogP) is 5.39. The van der Waals surface area contributed by atoms with E-state index in [2.05, 4.69) is 15.1 Å². The Labute approximate surface area is 171 Å². The van der Waals surface area contributed by atoms with E-state index >= 15 is 0 Å². The van der Waals surface area contributed by atoms with Gasteiger partial charge in [0.2, 0.25) is 0 Å². The minimum Gasteiger partial charge on any atom is -0.339 e. The third kappa shape index (κ3) is 3.49. The Hall–Kier alpha value is -2.84. The second-order valence-electron chi connectivity index (χ2n) is 6.30. The number of nitrogens with zero attached hydrogens (tertiary/aromatic N) is 3. The van der Waals surface area contributed by atoms with E-state index in [0.29, 0.717) is 43.8 Å². The first-order valence-electron chi connectivity index (χ1n) is 8.27. The molecule has 3 aromatic heterocycles. The maximum absolute atomic E-state index is 12.8. The summed E-state index contributed by atoms with van der Waals surface area (Å²) >= 11 is 12.3. The molecule has 0 saturated carbocycles. The number of aromatic nitrogens is 4. The molecule has 148 valence electrons. The number of hydrogen-bond donors (Lipinski definition) is 1. The Balaban J connectivity index is 1.92. The summed E-state index contributed by atoms with van der Waals surface area (Å²) in [6.07, 6.45) is -3.49. The maximum Gasteiger partial charge on any atom is 0.433 e. The van der Waals surface area contributed by atoms with E-state index in [4.69, 9.17) is 23.2 Å². The van der Waals surface area contributed by atoms with Gasteiger partial charge in [-0.25, -0.2) is 0 Å². The molecule has 5 nitrogen and oxygen atoms in total. The van der Waals surface area contributed by atoms with Crippen LogP contribution in [0.15, 0.2) is 47.4 Å². The van der Waals surface area contributed by atoms with Crippen LogP contribution >= 0.6 is 23.2 Å². The van der Waals surface area contributed by atoms with Crippen LogP contribution in [-0.4, -0.2) is 19.6 Å². The molecule has 0 atom stereocenters. The molecule has 0 radical (unpaired) electrons. The molecule has 0 amide bonds. The number of aromatic amines is 1. The fraction of sp³-hybridized carbons (Fsp3) is 0.105. The van der Waals surface area contributed by atoms with Gasteiger partial charge in [0.25, 0.3) is 5.56 Å². The number of aryl methyl sites for hydroxylation is 1. The number of hydrogen-bond acceptors (Lipinski definition) is 3. The van der Waals surface area contributed by atoms with Crippen LogP contribution in [-0.2, 0) is 6.18 Å². The fourth-order valence-electron chi connectivity index (χ4n) is 3.04. The van der Waals surface area contributed by atoms with Gasteiger partial charge in [-0.3, -0.25) is 9.78 Å². The minimum absolute atomic E-state index is 0.301. The maximum atomic E-state index is 12.8. The Morgan fingerprint density at radius 2 is 1.86 bits per heavy atom. The van der Waals surface area contributed by atoms with Crippen molar-refractivity contribution in [3.63, 3.8) is 0 Å². The zero-order valence-corrected chi connectivity index (χ0v) is 16.2. The van der Waals surface area contributed by atoms with Crippen molar-refractivity contribution in [2.45, 2.75) is 13.1 Å². The van der Waals surface area contributed by atoms with E-state index in [1.165, 1.54) is 16.6 Å². The Morgan fingerprint density at radius 1 is 1.10 bits per heavy atom. The highest BCUT2D eigenvalue weighted by Crippen LogP contribution is 2.35. The van der Waals surface area contributed by atoms with Crippen molar-refractivity contribution >= 4 is 28.8 Å². The van der Waals surface area contributed by atoms with Gasteiger partial charge in [0.1, 0.15) is 11.3 Å². The molecule has 29 heavy (non-hydrogen) atoms. The number of alkyl halides is 3. The van der Waals surface area contributed by atoms with E-state index in [-0.39, 0.29) is 0 Å². The number of rotatable bonds is 2. The number of H-pyrrole nitrogens is 1. The first-order valence-corrected chi connectivity index (χ1v) is 9.02. The van der Waals surface area contributed by atoms with Crippen LogP contribution in [0.2, 0.25) is 10.0 Å². The van der Waals surface area contributed by atoms with Crippen molar-refractivity contribution in [1.82, 2.24) is 19.6 Å². The molecule has 4 rings (SSSR count). The molecule has 0 spiro atoms. The smallest absolute Gasteiger partial charge is 0.339 e. The average molecular weight is 439 g/mol. The second-order valence-corrected chi connectivity index (χ2v) is 7.14. The predicted molar refractivity (Wildman–Crippen MR) is 104 cm³/mol. The highest BCUT2D eigenvalue weighted by atomic mass is 35.5. The summed E-state index contributed by atoms with van der Waals surface area (Å²) in [7, 11) is 0. The summed E-state index contributed by atoms with van der Waals surface area (Å²) in [5.41, 5.74) is 1.26. The average Bonchev–Trinajstić information content (AvgIpc) is 2.98. The van der Waals surface area contributed by atoms with Gasteiger partial charge in [-0.1, -0.05) is 29.3 Å². The zero-order valence-electron chi connectivity index (χ0n) is 14.7. The minimum atomic E-state index is -4.54. The van der Waals surface area contributed by atoms with E-state index in [9.17, 15) is 18.0 Å². The van der Waals surface area contributed by atoms with Crippen LogP contribution in [0.3, 0.4) is 0 Å². The molecule has 0 fully saturated rings. The Morgan fingerprint density at radius 3 is 2.48 bits per heavy atom. The molecule has 10 heteroatoms. The molecular formula is C19H11Cl2F3N4O. The van der Waals surface area contributed by atoms with Crippen LogP contribution in [0.5, 0.6) is 0 Å². The summed E-state index contributed by atoms with van der Waals surface area (Å²) in [4.78, 5) is 19.1. The molecule has 0 aliphatic rings. The third-order valence-corrected chi connectivity index (χ3v) is 4.90. The Kier molecular flexibility index (Phi) is 4.63. The number of halogens is 5. The van der Waals surface area contributed by atoms with Crippen molar-refractivity contribution < 1.29 is 13.2 Å². The quantitative estimate of drug-likeness (QED) is 0.456. The van der Waals surface area contributed by atoms with E-state index in [1.807, 2.05) is 0 Å². The van der Waals surface area contributed by atoms with Gasteiger partial charge in [0, 0.05) is 34.0 Å². The molecule has 1 aromatic carbocycles. The van der Waals surface area contributed by atoms with Crippen molar-refractivity contribution in [2.24, 2.45) is 0 Å². The van der Waals surface area contributed by atoms with E-state index < -0.39 is 17.4 Å². The van der Waals surface area contributed by atoms with Gasteiger partial charge in [0.15, 0.2) is 0 Å². The van der Waals surface area contributed by atoms with Gasteiger partial charge < -0.3 is 4.98 Å². The summed E-state index contributed by atoms with van der Waals surface area (Å²) in [6, 6.07) is 8.29. The van der Waals surface area contributed by atoms with Crippen LogP contribution < -0.4 is 5.56 Å². The molecular weight excluding hydrogens is 428 g/mol. The van der Waals surface area contributed by atoms with Crippen LogP contribution in [0, 0.1) is 6.92 Å². The van der Waals surface area contributed by atoms with E-state index in [1.54, 1.807) is 25.1 Å². The summed E-state index contributed by atoms with van der Waals surface area (Å²) < 4.78 is 39.4. The number of nitrogens with one attached hydrogen (secondary N) is 1. The number of benzene rings is 1.